The molecule has 3 rings (SSSR count). The van der Waals surface area contributed by atoms with Crippen molar-refractivity contribution in [3.8, 4) is 0 Å². The molecule has 1 aromatic heterocycles. The molecule has 2 aromatic rings. The van der Waals surface area contributed by atoms with Crippen LogP contribution in [0, 0.1) is 0 Å². The second kappa shape index (κ2) is 5.50. The van der Waals surface area contributed by atoms with Crippen molar-refractivity contribution in [1.29, 1.82) is 0 Å². The van der Waals surface area contributed by atoms with E-state index in [0.717, 1.165) is 17.3 Å². The molecule has 0 saturated heterocycles. The zero-order chi connectivity index (χ0) is 15.0. The third kappa shape index (κ3) is 2.54. The molecule has 0 unspecified atom stereocenters. The number of carbonyl (C=O) groups is 1. The maximum atomic E-state index is 12.5. The Hall–Kier alpha value is -1.85. The van der Waals surface area contributed by atoms with Crippen LogP contribution in [0.2, 0.25) is 0 Å². The van der Waals surface area contributed by atoms with E-state index in [-0.39, 0.29) is 11.9 Å². The largest absolute Gasteiger partial charge is 0.390 e. The van der Waals surface area contributed by atoms with Crippen LogP contribution >= 0.6 is 0 Å². The van der Waals surface area contributed by atoms with E-state index < -0.39 is 12.2 Å². The van der Waals surface area contributed by atoms with Crippen molar-refractivity contribution >= 4 is 16.8 Å². The van der Waals surface area contributed by atoms with Crippen LogP contribution in [-0.2, 0) is 7.05 Å². The van der Waals surface area contributed by atoms with Crippen LogP contribution in [0.15, 0.2) is 30.5 Å². The van der Waals surface area contributed by atoms with E-state index in [1.807, 2.05) is 35.9 Å². The van der Waals surface area contributed by atoms with E-state index in [0.29, 0.717) is 18.4 Å². The molecule has 112 valence electrons. The van der Waals surface area contributed by atoms with Gasteiger partial charge in [-0.25, -0.2) is 0 Å². The van der Waals surface area contributed by atoms with Crippen LogP contribution in [0.3, 0.4) is 0 Å². The number of fused-ring (bicyclic) bond motifs is 1. The first kappa shape index (κ1) is 14.1. The smallest absolute Gasteiger partial charge is 0.253 e. The molecule has 0 bridgehead atoms. The van der Waals surface area contributed by atoms with Crippen molar-refractivity contribution in [1.82, 2.24) is 9.88 Å². The van der Waals surface area contributed by atoms with Crippen molar-refractivity contribution < 1.29 is 15.0 Å². The van der Waals surface area contributed by atoms with Gasteiger partial charge in [-0.05, 0) is 25.3 Å². The average molecular weight is 288 g/mol. The van der Waals surface area contributed by atoms with Gasteiger partial charge in [-0.15, -0.1) is 0 Å². The molecule has 21 heavy (non-hydrogen) atoms. The maximum Gasteiger partial charge on any atom is 0.253 e. The second-order valence-electron chi connectivity index (χ2n) is 5.74. The topological polar surface area (TPSA) is 74.5 Å². The van der Waals surface area contributed by atoms with Crippen molar-refractivity contribution in [3.63, 3.8) is 0 Å². The predicted molar refractivity (Wildman–Crippen MR) is 80.0 cm³/mol. The number of rotatable bonds is 2. The lowest BCUT2D eigenvalue weighted by molar-refractivity contribution is -0.0277. The number of benzene rings is 1. The Morgan fingerprint density at radius 2 is 2.05 bits per heavy atom. The molecule has 1 aromatic carbocycles. The molecule has 1 aliphatic rings. The first-order chi connectivity index (χ1) is 10.1. The summed E-state index contributed by atoms with van der Waals surface area (Å²) in [7, 11) is 1.90. The number of hydrogen-bond donors (Lipinski definition) is 3. The van der Waals surface area contributed by atoms with E-state index in [9.17, 15) is 15.0 Å². The van der Waals surface area contributed by atoms with Crippen LogP contribution in [0.1, 0.15) is 29.6 Å². The average Bonchev–Trinajstić information content (AvgIpc) is 2.82. The van der Waals surface area contributed by atoms with E-state index in [4.69, 9.17) is 0 Å². The standard InChI is InChI=1S/C16H20N2O3/c1-18-9-11(10-5-2-3-7-13(10)18)16(21)17-12-6-4-8-14(19)15(12)20/h2-3,5,7,9,12,14-15,19-20H,4,6,8H2,1H3,(H,17,21)/t12-,14-,15-/m1/s1. The predicted octanol–water partition coefficient (Wildman–Crippen LogP) is 1.18. The fourth-order valence-electron chi connectivity index (χ4n) is 3.08. The second-order valence-corrected chi connectivity index (χ2v) is 5.74. The lowest BCUT2D eigenvalue weighted by atomic mass is 9.90. The zero-order valence-electron chi connectivity index (χ0n) is 12.0. The maximum absolute atomic E-state index is 12.5. The fraction of sp³-hybridized carbons (Fsp3) is 0.438. The minimum atomic E-state index is -0.891. The van der Waals surface area contributed by atoms with Gasteiger partial charge in [-0.2, -0.15) is 0 Å². The van der Waals surface area contributed by atoms with Crippen LogP contribution in [-0.4, -0.2) is 38.9 Å². The Morgan fingerprint density at radius 1 is 1.29 bits per heavy atom. The Balaban J connectivity index is 1.84. The van der Waals surface area contributed by atoms with Gasteiger partial charge in [-0.3, -0.25) is 4.79 Å². The fourth-order valence-corrected chi connectivity index (χ4v) is 3.08. The summed E-state index contributed by atoms with van der Waals surface area (Å²) in [5.74, 6) is -0.204. The first-order valence-electron chi connectivity index (χ1n) is 7.29. The van der Waals surface area contributed by atoms with Crippen molar-refractivity contribution in [2.75, 3.05) is 0 Å². The van der Waals surface area contributed by atoms with E-state index in [1.54, 1.807) is 6.20 Å². The molecule has 1 heterocycles. The normalized spacial score (nSPS) is 26.0. The molecule has 0 radical (unpaired) electrons. The van der Waals surface area contributed by atoms with Crippen LogP contribution in [0.25, 0.3) is 10.9 Å². The van der Waals surface area contributed by atoms with E-state index in [2.05, 4.69) is 5.32 Å². The van der Waals surface area contributed by atoms with Crippen LogP contribution in [0.5, 0.6) is 0 Å². The molecular weight excluding hydrogens is 268 g/mol. The Kier molecular flexibility index (Phi) is 3.69. The number of hydrogen-bond acceptors (Lipinski definition) is 3. The van der Waals surface area contributed by atoms with Gasteiger partial charge in [0.15, 0.2) is 0 Å². The molecule has 1 aliphatic carbocycles. The number of aromatic nitrogens is 1. The number of amides is 1. The number of aryl methyl sites for hydroxylation is 1. The first-order valence-corrected chi connectivity index (χ1v) is 7.29. The third-order valence-corrected chi connectivity index (χ3v) is 4.28. The summed E-state index contributed by atoms with van der Waals surface area (Å²) in [5.41, 5.74) is 1.59. The summed E-state index contributed by atoms with van der Waals surface area (Å²) < 4.78 is 1.91. The van der Waals surface area contributed by atoms with Crippen molar-refractivity contribution in [2.24, 2.45) is 7.05 Å². The van der Waals surface area contributed by atoms with Gasteiger partial charge in [0, 0.05) is 24.1 Å². The van der Waals surface area contributed by atoms with Gasteiger partial charge in [0.2, 0.25) is 0 Å². The van der Waals surface area contributed by atoms with Gasteiger partial charge in [0.1, 0.15) is 0 Å². The number of aliphatic hydroxyl groups excluding tert-OH is 2. The van der Waals surface area contributed by atoms with Gasteiger partial charge in [0.05, 0.1) is 23.8 Å². The number of para-hydroxylation sites is 1. The van der Waals surface area contributed by atoms with Gasteiger partial charge in [0.25, 0.3) is 5.91 Å². The number of nitrogens with zero attached hydrogens (tertiary/aromatic N) is 1. The molecule has 3 N–H and O–H groups in total. The quantitative estimate of drug-likeness (QED) is 0.777. The third-order valence-electron chi connectivity index (χ3n) is 4.28. The summed E-state index contributed by atoms with van der Waals surface area (Å²) in [6.07, 6.45) is 2.23. The highest BCUT2D eigenvalue weighted by Gasteiger charge is 2.32. The lowest BCUT2D eigenvalue weighted by Crippen LogP contribution is -2.51. The molecule has 3 atom stereocenters. The van der Waals surface area contributed by atoms with Gasteiger partial charge in [-0.1, -0.05) is 18.2 Å². The SMILES string of the molecule is Cn1cc(C(=O)N[C@@H]2CCC[C@@H](O)[C@@H]2O)c2ccccc21. The molecule has 1 saturated carbocycles. The molecule has 1 amide bonds. The summed E-state index contributed by atoms with van der Waals surface area (Å²) in [6.45, 7) is 0. The summed E-state index contributed by atoms with van der Waals surface area (Å²) in [5, 5.41) is 23.4. The van der Waals surface area contributed by atoms with Crippen LogP contribution < -0.4 is 5.32 Å². The van der Waals surface area contributed by atoms with Crippen molar-refractivity contribution in [3.05, 3.63) is 36.0 Å². The summed E-state index contributed by atoms with van der Waals surface area (Å²) >= 11 is 0. The summed E-state index contributed by atoms with van der Waals surface area (Å²) in [4.78, 5) is 12.5. The van der Waals surface area contributed by atoms with Crippen LogP contribution in [0.4, 0.5) is 0 Å². The van der Waals surface area contributed by atoms with E-state index >= 15 is 0 Å². The Morgan fingerprint density at radius 3 is 2.86 bits per heavy atom. The van der Waals surface area contributed by atoms with E-state index in [1.165, 1.54) is 0 Å². The molecule has 0 aliphatic heterocycles. The number of carbonyl (C=O) groups excluding carboxylic acids is 1. The molecule has 5 nitrogen and oxygen atoms in total. The Labute approximate surface area is 123 Å². The van der Waals surface area contributed by atoms with Crippen molar-refractivity contribution in [2.45, 2.75) is 37.5 Å². The van der Waals surface area contributed by atoms with Gasteiger partial charge >= 0.3 is 0 Å². The number of nitrogens with one attached hydrogen (secondary N) is 1. The number of aliphatic hydroxyl groups is 2. The lowest BCUT2D eigenvalue weighted by Gasteiger charge is -2.32. The Bertz CT molecular complexity index is 665. The van der Waals surface area contributed by atoms with Gasteiger partial charge < -0.3 is 20.1 Å². The zero-order valence-corrected chi connectivity index (χ0v) is 12.0. The minimum Gasteiger partial charge on any atom is -0.390 e. The molecular formula is C16H20N2O3. The minimum absolute atomic E-state index is 0.204. The molecule has 0 spiro atoms. The highest BCUT2D eigenvalue weighted by Crippen LogP contribution is 2.23. The molecule has 5 heteroatoms. The monoisotopic (exact) mass is 288 g/mol. The highest BCUT2D eigenvalue weighted by molar-refractivity contribution is 6.07. The molecule has 1 fully saturated rings. The summed E-state index contributed by atoms with van der Waals surface area (Å²) in [6, 6.07) is 7.32. The highest BCUT2D eigenvalue weighted by atomic mass is 16.3.